The first-order chi connectivity index (χ1) is 10.3. The zero-order chi connectivity index (χ0) is 16.1. The number of nitrogens with zero attached hydrogens (tertiary/aromatic N) is 2. The van der Waals surface area contributed by atoms with Crippen LogP contribution in [0.3, 0.4) is 0 Å². The van der Waals surface area contributed by atoms with Gasteiger partial charge in [0, 0.05) is 6.07 Å². The fourth-order valence-corrected chi connectivity index (χ4v) is 3.08. The van der Waals surface area contributed by atoms with Crippen LogP contribution < -0.4 is 5.32 Å². The fraction of sp³-hybridized carbons (Fsp3) is 0.375. The second-order valence-electron chi connectivity index (χ2n) is 5.94. The zero-order valence-electron chi connectivity index (χ0n) is 12.7. The highest BCUT2D eigenvalue weighted by molar-refractivity contribution is 6.52. The molecule has 4 nitrogen and oxygen atoms in total. The quantitative estimate of drug-likeness (QED) is 0.862. The Morgan fingerprint density at radius 1 is 1.23 bits per heavy atom. The predicted octanol–water partition coefficient (Wildman–Crippen LogP) is 3.93. The first kappa shape index (κ1) is 15.4. The van der Waals surface area contributed by atoms with Crippen LogP contribution in [-0.4, -0.2) is 20.0 Å². The molecule has 1 unspecified atom stereocenters. The summed E-state index contributed by atoms with van der Waals surface area (Å²) in [6, 6.07) is 7.99. The SMILES string of the molecule is Cc1cc(C)cc(-n2nc(C)cc2NC(=O)C2CC2(Cl)Cl)c1. The molecule has 6 heteroatoms. The Hall–Kier alpha value is -1.52. The van der Waals surface area contributed by atoms with E-state index in [2.05, 4.69) is 16.5 Å². The number of amides is 1. The molecule has 3 rings (SSSR count). The molecular formula is C16H17Cl2N3O. The van der Waals surface area contributed by atoms with E-state index in [-0.39, 0.29) is 11.8 Å². The van der Waals surface area contributed by atoms with Gasteiger partial charge in [0.25, 0.3) is 0 Å². The highest BCUT2D eigenvalue weighted by atomic mass is 35.5. The number of aryl methyl sites for hydroxylation is 3. The van der Waals surface area contributed by atoms with Gasteiger partial charge >= 0.3 is 0 Å². The topological polar surface area (TPSA) is 46.9 Å². The Morgan fingerprint density at radius 2 is 1.82 bits per heavy atom. The number of nitrogens with one attached hydrogen (secondary N) is 1. The van der Waals surface area contributed by atoms with Gasteiger partial charge in [0.05, 0.1) is 17.3 Å². The molecule has 1 aromatic carbocycles. The highest BCUT2D eigenvalue weighted by Gasteiger charge is 2.56. The molecule has 0 bridgehead atoms. The molecule has 1 heterocycles. The second kappa shape index (κ2) is 5.28. The summed E-state index contributed by atoms with van der Waals surface area (Å²) in [6.07, 6.45) is 0.485. The number of alkyl halides is 2. The lowest BCUT2D eigenvalue weighted by molar-refractivity contribution is -0.117. The van der Waals surface area contributed by atoms with E-state index in [1.807, 2.05) is 39.0 Å². The Balaban J connectivity index is 1.91. The smallest absolute Gasteiger partial charge is 0.231 e. The van der Waals surface area contributed by atoms with Crippen LogP contribution in [0.15, 0.2) is 24.3 Å². The van der Waals surface area contributed by atoms with Gasteiger partial charge in [-0.1, -0.05) is 6.07 Å². The van der Waals surface area contributed by atoms with Gasteiger partial charge in [0.1, 0.15) is 10.2 Å². The third-order valence-corrected chi connectivity index (χ3v) is 4.51. The average Bonchev–Trinajstić information content (AvgIpc) is 2.87. The molecule has 1 fully saturated rings. The number of rotatable bonds is 3. The van der Waals surface area contributed by atoms with Crippen molar-refractivity contribution >= 4 is 34.9 Å². The van der Waals surface area contributed by atoms with Crippen LogP contribution in [0.2, 0.25) is 0 Å². The second-order valence-corrected chi connectivity index (χ2v) is 7.48. The van der Waals surface area contributed by atoms with Gasteiger partial charge in [-0.2, -0.15) is 5.10 Å². The van der Waals surface area contributed by atoms with Crippen LogP contribution in [0.1, 0.15) is 23.2 Å². The summed E-state index contributed by atoms with van der Waals surface area (Å²) in [5, 5.41) is 7.35. The van der Waals surface area contributed by atoms with Crippen molar-refractivity contribution in [1.29, 1.82) is 0 Å². The van der Waals surface area contributed by atoms with E-state index < -0.39 is 4.33 Å². The molecule has 1 N–H and O–H groups in total. The molecular weight excluding hydrogens is 321 g/mol. The summed E-state index contributed by atoms with van der Waals surface area (Å²) in [5.74, 6) is 0.0952. The number of benzene rings is 1. The predicted molar refractivity (Wildman–Crippen MR) is 88.9 cm³/mol. The molecule has 1 aliphatic rings. The summed E-state index contributed by atoms with van der Waals surface area (Å²) in [6.45, 7) is 5.95. The third kappa shape index (κ3) is 2.99. The van der Waals surface area contributed by atoms with Crippen molar-refractivity contribution in [2.24, 2.45) is 5.92 Å². The monoisotopic (exact) mass is 337 g/mol. The van der Waals surface area contributed by atoms with Gasteiger partial charge in [-0.15, -0.1) is 23.2 Å². The molecule has 2 aromatic rings. The number of hydrogen-bond acceptors (Lipinski definition) is 2. The number of carbonyl (C=O) groups is 1. The number of aromatic nitrogens is 2. The van der Waals surface area contributed by atoms with Crippen LogP contribution >= 0.6 is 23.2 Å². The minimum absolute atomic E-state index is 0.171. The molecule has 1 atom stereocenters. The molecule has 0 aliphatic heterocycles. The molecule has 1 amide bonds. The van der Waals surface area contributed by atoms with E-state index >= 15 is 0 Å². The molecule has 0 radical (unpaired) electrons. The van der Waals surface area contributed by atoms with Gasteiger partial charge in [0.2, 0.25) is 5.91 Å². The largest absolute Gasteiger partial charge is 0.310 e. The summed E-state index contributed by atoms with van der Waals surface area (Å²) in [7, 11) is 0. The number of anilines is 1. The van der Waals surface area contributed by atoms with Crippen molar-refractivity contribution in [2.75, 3.05) is 5.32 Å². The van der Waals surface area contributed by atoms with Crippen molar-refractivity contribution in [3.8, 4) is 5.69 Å². The molecule has 0 saturated heterocycles. The third-order valence-electron chi connectivity index (χ3n) is 3.68. The molecule has 1 aromatic heterocycles. The minimum atomic E-state index is -0.927. The number of carbonyl (C=O) groups excluding carboxylic acids is 1. The minimum Gasteiger partial charge on any atom is -0.310 e. The van der Waals surface area contributed by atoms with E-state index in [0.717, 1.165) is 22.5 Å². The van der Waals surface area contributed by atoms with Crippen molar-refractivity contribution in [2.45, 2.75) is 31.5 Å². The highest BCUT2D eigenvalue weighted by Crippen LogP contribution is 2.53. The van der Waals surface area contributed by atoms with Crippen molar-refractivity contribution in [3.63, 3.8) is 0 Å². The Kier molecular flexibility index (Phi) is 3.69. The van der Waals surface area contributed by atoms with Gasteiger partial charge in [-0.25, -0.2) is 4.68 Å². The van der Waals surface area contributed by atoms with Crippen LogP contribution in [-0.2, 0) is 4.79 Å². The van der Waals surface area contributed by atoms with Gasteiger partial charge < -0.3 is 5.32 Å². The van der Waals surface area contributed by atoms with Gasteiger partial charge in [-0.3, -0.25) is 4.79 Å². The zero-order valence-corrected chi connectivity index (χ0v) is 14.2. The molecule has 1 aliphatic carbocycles. The van der Waals surface area contributed by atoms with E-state index in [9.17, 15) is 4.79 Å². The summed E-state index contributed by atoms with van der Waals surface area (Å²) >= 11 is 11.9. The lowest BCUT2D eigenvalue weighted by Crippen LogP contribution is -2.19. The van der Waals surface area contributed by atoms with Crippen LogP contribution in [0.4, 0.5) is 5.82 Å². The lowest BCUT2D eigenvalue weighted by Gasteiger charge is -2.10. The first-order valence-corrected chi connectivity index (χ1v) is 7.86. The Bertz CT molecular complexity index is 732. The maximum absolute atomic E-state index is 12.2. The first-order valence-electron chi connectivity index (χ1n) is 7.10. The number of hydrogen-bond donors (Lipinski definition) is 1. The Labute approximate surface area is 139 Å². The van der Waals surface area contributed by atoms with Crippen molar-refractivity contribution < 1.29 is 4.79 Å². The average molecular weight is 338 g/mol. The van der Waals surface area contributed by atoms with E-state index in [0.29, 0.717) is 12.2 Å². The van der Waals surface area contributed by atoms with Gasteiger partial charge in [0.15, 0.2) is 0 Å². The normalized spacial score (nSPS) is 19.0. The van der Waals surface area contributed by atoms with Gasteiger partial charge in [-0.05, 0) is 50.5 Å². The van der Waals surface area contributed by atoms with Crippen molar-refractivity contribution in [3.05, 3.63) is 41.1 Å². The lowest BCUT2D eigenvalue weighted by atomic mass is 10.1. The maximum atomic E-state index is 12.2. The molecule has 0 spiro atoms. The molecule has 1 saturated carbocycles. The summed E-state index contributed by atoms with van der Waals surface area (Å²) < 4.78 is 0.809. The molecule has 116 valence electrons. The van der Waals surface area contributed by atoms with Crippen LogP contribution in [0, 0.1) is 26.7 Å². The van der Waals surface area contributed by atoms with Crippen LogP contribution in [0.5, 0.6) is 0 Å². The summed E-state index contributed by atoms with van der Waals surface area (Å²) in [4.78, 5) is 12.2. The van der Waals surface area contributed by atoms with E-state index in [1.165, 1.54) is 0 Å². The fourth-order valence-electron chi connectivity index (χ4n) is 2.57. The van der Waals surface area contributed by atoms with E-state index in [1.54, 1.807) is 4.68 Å². The van der Waals surface area contributed by atoms with Crippen molar-refractivity contribution in [1.82, 2.24) is 9.78 Å². The summed E-state index contributed by atoms with van der Waals surface area (Å²) in [5.41, 5.74) is 4.03. The van der Waals surface area contributed by atoms with Crippen LogP contribution in [0.25, 0.3) is 5.69 Å². The number of halogens is 2. The maximum Gasteiger partial charge on any atom is 0.231 e. The molecule has 22 heavy (non-hydrogen) atoms. The standard InChI is InChI=1S/C16H17Cl2N3O/c1-9-4-10(2)6-12(5-9)21-14(7-11(3)20-21)19-15(22)13-8-16(13,17)18/h4-7,13H,8H2,1-3H3,(H,19,22). The van der Waals surface area contributed by atoms with E-state index in [4.69, 9.17) is 23.2 Å². The Morgan fingerprint density at radius 3 is 2.36 bits per heavy atom.